The molecule has 0 radical (unpaired) electrons. The van der Waals surface area contributed by atoms with Gasteiger partial charge in [-0.25, -0.2) is 4.68 Å². The second-order valence-corrected chi connectivity index (χ2v) is 10.4. The van der Waals surface area contributed by atoms with Crippen LogP contribution >= 0.6 is 11.3 Å². The third-order valence-corrected chi connectivity index (χ3v) is 7.34. The number of carbonyl (C=O) groups is 1. The van der Waals surface area contributed by atoms with Crippen LogP contribution in [-0.2, 0) is 24.2 Å². The fraction of sp³-hybridized carbons (Fsp3) is 0.478. The first-order chi connectivity index (χ1) is 14.1. The molecular weight excluding hydrogens is 396 g/mol. The molecule has 0 spiro atoms. The Hall–Kier alpha value is -2.54. The van der Waals surface area contributed by atoms with Gasteiger partial charge in [-0.1, -0.05) is 44.2 Å². The summed E-state index contributed by atoms with van der Waals surface area (Å²) < 4.78 is 1.19. The zero-order valence-electron chi connectivity index (χ0n) is 18.2. The minimum Gasteiger partial charge on any atom is -0.324 e. The van der Waals surface area contributed by atoms with Crippen LogP contribution in [0.2, 0.25) is 0 Å². The van der Waals surface area contributed by atoms with Gasteiger partial charge in [-0.3, -0.25) is 9.59 Å². The smallest absolute Gasteiger partial charge is 0.279 e. The Bertz CT molecular complexity index is 1170. The van der Waals surface area contributed by atoms with Crippen LogP contribution in [0.5, 0.6) is 0 Å². The SMILES string of the molecule is Cc1cccc(C)c1NC(=O)Cn1nnc2sc3c(c2c1=O)CC[C@@H](C(C)(C)C)C3. The fourth-order valence-corrected chi connectivity index (χ4v) is 5.53. The maximum absolute atomic E-state index is 13.1. The standard InChI is InChI=1S/C23H28N4O2S/c1-13-7-6-8-14(2)20(13)24-18(28)12-27-22(29)19-16-10-9-15(23(3,4)5)11-17(16)30-21(19)25-26-27/h6-8,15H,9-12H2,1-5H3,(H,24,28)/t15-/m1/s1. The summed E-state index contributed by atoms with van der Waals surface area (Å²) in [5.41, 5.74) is 3.88. The molecule has 158 valence electrons. The van der Waals surface area contributed by atoms with E-state index < -0.39 is 0 Å². The van der Waals surface area contributed by atoms with Gasteiger partial charge in [0, 0.05) is 10.6 Å². The van der Waals surface area contributed by atoms with Gasteiger partial charge < -0.3 is 5.32 Å². The Labute approximate surface area is 180 Å². The van der Waals surface area contributed by atoms with Gasteiger partial charge in [-0.15, -0.1) is 16.4 Å². The van der Waals surface area contributed by atoms with Gasteiger partial charge in [-0.2, -0.15) is 0 Å². The van der Waals surface area contributed by atoms with Gasteiger partial charge in [0.05, 0.1) is 5.39 Å². The number of para-hydroxylation sites is 1. The molecule has 2 aromatic heterocycles. The topological polar surface area (TPSA) is 76.9 Å². The first-order valence-electron chi connectivity index (χ1n) is 10.4. The van der Waals surface area contributed by atoms with Crippen molar-refractivity contribution in [3.8, 4) is 0 Å². The molecule has 0 aliphatic heterocycles. The highest BCUT2D eigenvalue weighted by Gasteiger charge is 2.32. The van der Waals surface area contributed by atoms with Crippen LogP contribution in [0.4, 0.5) is 5.69 Å². The van der Waals surface area contributed by atoms with E-state index in [4.69, 9.17) is 0 Å². The summed E-state index contributed by atoms with van der Waals surface area (Å²) in [5.74, 6) is 0.316. The molecule has 0 fully saturated rings. The molecule has 4 rings (SSSR count). The van der Waals surface area contributed by atoms with E-state index in [1.807, 2.05) is 32.0 Å². The number of hydrogen-bond acceptors (Lipinski definition) is 5. The molecular formula is C23H28N4O2S. The lowest BCUT2D eigenvalue weighted by molar-refractivity contribution is -0.117. The largest absolute Gasteiger partial charge is 0.324 e. The number of nitrogens with one attached hydrogen (secondary N) is 1. The third kappa shape index (κ3) is 3.78. The van der Waals surface area contributed by atoms with Crippen molar-refractivity contribution in [3.05, 3.63) is 50.1 Å². The lowest BCUT2D eigenvalue weighted by atomic mass is 9.72. The van der Waals surface area contributed by atoms with Gasteiger partial charge in [0.1, 0.15) is 6.54 Å². The van der Waals surface area contributed by atoms with Gasteiger partial charge in [-0.05, 0) is 61.1 Å². The van der Waals surface area contributed by atoms with Crippen LogP contribution in [0, 0.1) is 25.2 Å². The Morgan fingerprint density at radius 3 is 2.63 bits per heavy atom. The average molecular weight is 425 g/mol. The Balaban J connectivity index is 1.62. The average Bonchev–Trinajstić information content (AvgIpc) is 3.05. The summed E-state index contributed by atoms with van der Waals surface area (Å²) in [5, 5.41) is 11.9. The highest BCUT2D eigenvalue weighted by molar-refractivity contribution is 7.18. The minimum atomic E-state index is -0.278. The van der Waals surface area contributed by atoms with E-state index in [0.29, 0.717) is 16.1 Å². The zero-order valence-corrected chi connectivity index (χ0v) is 19.0. The summed E-state index contributed by atoms with van der Waals surface area (Å²) in [6.07, 6.45) is 2.93. The van der Waals surface area contributed by atoms with E-state index >= 15 is 0 Å². The number of amides is 1. The molecule has 1 atom stereocenters. The Morgan fingerprint density at radius 1 is 1.27 bits per heavy atom. The first-order valence-corrected chi connectivity index (χ1v) is 11.2. The van der Waals surface area contributed by atoms with Crippen LogP contribution in [0.25, 0.3) is 10.2 Å². The molecule has 1 aliphatic rings. The van der Waals surface area contributed by atoms with E-state index in [2.05, 4.69) is 36.4 Å². The fourth-order valence-electron chi connectivity index (χ4n) is 4.30. The lowest BCUT2D eigenvalue weighted by Gasteiger charge is -2.33. The first kappa shape index (κ1) is 20.7. The molecule has 1 N–H and O–H groups in total. The van der Waals surface area contributed by atoms with Crippen molar-refractivity contribution in [3.63, 3.8) is 0 Å². The number of thiophene rings is 1. The summed E-state index contributed by atoms with van der Waals surface area (Å²) >= 11 is 1.58. The summed E-state index contributed by atoms with van der Waals surface area (Å²) in [4.78, 5) is 27.7. The van der Waals surface area contributed by atoms with Gasteiger partial charge in [0.15, 0.2) is 4.83 Å². The molecule has 7 heteroatoms. The van der Waals surface area contributed by atoms with E-state index in [9.17, 15) is 9.59 Å². The molecule has 0 saturated carbocycles. The quantitative estimate of drug-likeness (QED) is 0.682. The van der Waals surface area contributed by atoms with E-state index in [1.54, 1.807) is 11.3 Å². The van der Waals surface area contributed by atoms with Crippen LogP contribution in [0.1, 0.15) is 48.8 Å². The van der Waals surface area contributed by atoms with Crippen LogP contribution < -0.4 is 10.9 Å². The monoisotopic (exact) mass is 424 g/mol. The van der Waals surface area contributed by atoms with Crippen LogP contribution in [0.15, 0.2) is 23.0 Å². The maximum atomic E-state index is 13.1. The molecule has 6 nitrogen and oxygen atoms in total. The summed E-state index contributed by atoms with van der Waals surface area (Å²) in [6.45, 7) is 10.6. The molecule has 0 saturated heterocycles. The number of fused-ring (bicyclic) bond motifs is 3. The van der Waals surface area contributed by atoms with Crippen molar-refractivity contribution in [1.29, 1.82) is 0 Å². The summed E-state index contributed by atoms with van der Waals surface area (Å²) in [7, 11) is 0. The molecule has 3 aromatic rings. The number of hydrogen-bond donors (Lipinski definition) is 1. The number of aromatic nitrogens is 3. The number of anilines is 1. The van der Waals surface area contributed by atoms with Crippen molar-refractivity contribution >= 4 is 33.1 Å². The highest BCUT2D eigenvalue weighted by Crippen LogP contribution is 2.41. The van der Waals surface area contributed by atoms with Crippen molar-refractivity contribution < 1.29 is 4.79 Å². The second-order valence-electron chi connectivity index (χ2n) is 9.36. The Kier molecular flexibility index (Phi) is 5.26. The normalized spacial score (nSPS) is 16.5. The lowest BCUT2D eigenvalue weighted by Crippen LogP contribution is -2.31. The molecule has 30 heavy (non-hydrogen) atoms. The summed E-state index contributed by atoms with van der Waals surface area (Å²) in [6, 6.07) is 5.85. The zero-order chi connectivity index (χ0) is 21.6. The van der Waals surface area contributed by atoms with Crippen molar-refractivity contribution in [2.45, 2.75) is 60.4 Å². The molecule has 2 heterocycles. The number of rotatable bonds is 3. The predicted octanol–water partition coefficient (Wildman–Crippen LogP) is 4.26. The van der Waals surface area contributed by atoms with Gasteiger partial charge in [0.2, 0.25) is 5.91 Å². The predicted molar refractivity (Wildman–Crippen MR) is 121 cm³/mol. The second kappa shape index (κ2) is 7.61. The van der Waals surface area contributed by atoms with E-state index in [-0.39, 0.29) is 23.4 Å². The van der Waals surface area contributed by atoms with Crippen molar-refractivity contribution in [1.82, 2.24) is 15.0 Å². The van der Waals surface area contributed by atoms with Crippen LogP contribution in [0.3, 0.4) is 0 Å². The minimum absolute atomic E-state index is 0.148. The molecule has 1 aliphatic carbocycles. The molecule has 0 unspecified atom stereocenters. The van der Waals surface area contributed by atoms with E-state index in [1.165, 1.54) is 9.56 Å². The Morgan fingerprint density at radius 2 is 1.97 bits per heavy atom. The number of aryl methyl sites for hydroxylation is 3. The van der Waals surface area contributed by atoms with E-state index in [0.717, 1.165) is 41.6 Å². The number of benzene rings is 1. The van der Waals surface area contributed by atoms with Gasteiger partial charge in [0.25, 0.3) is 5.56 Å². The molecule has 1 aromatic carbocycles. The number of carbonyl (C=O) groups excluding carboxylic acids is 1. The third-order valence-electron chi connectivity index (χ3n) is 6.20. The highest BCUT2D eigenvalue weighted by atomic mass is 32.1. The van der Waals surface area contributed by atoms with Crippen molar-refractivity contribution in [2.24, 2.45) is 11.3 Å². The molecule has 0 bridgehead atoms. The van der Waals surface area contributed by atoms with Gasteiger partial charge >= 0.3 is 0 Å². The van der Waals surface area contributed by atoms with Crippen molar-refractivity contribution in [2.75, 3.05) is 5.32 Å². The maximum Gasteiger partial charge on any atom is 0.279 e. The van der Waals surface area contributed by atoms with Crippen LogP contribution in [-0.4, -0.2) is 20.9 Å². The molecule has 1 amide bonds. The number of nitrogens with zero attached hydrogens (tertiary/aromatic N) is 3.